The van der Waals surface area contributed by atoms with E-state index in [1.807, 2.05) is 31.2 Å². The van der Waals surface area contributed by atoms with Crippen molar-refractivity contribution in [3.63, 3.8) is 0 Å². The summed E-state index contributed by atoms with van der Waals surface area (Å²) >= 11 is 5.90. The first kappa shape index (κ1) is 13.7. The smallest absolute Gasteiger partial charge is 0.230 e. The number of allylic oxidation sites excluding steroid dienone is 1. The lowest BCUT2D eigenvalue weighted by Gasteiger charge is -2.30. The van der Waals surface area contributed by atoms with Gasteiger partial charge in [0.05, 0.1) is 11.5 Å². The molecule has 1 saturated carbocycles. The van der Waals surface area contributed by atoms with Gasteiger partial charge in [-0.05, 0) is 49.3 Å². The summed E-state index contributed by atoms with van der Waals surface area (Å²) in [6, 6.07) is 7.67. The summed E-state index contributed by atoms with van der Waals surface area (Å²) in [7, 11) is 0. The van der Waals surface area contributed by atoms with Crippen molar-refractivity contribution < 1.29 is 4.79 Å². The Bertz CT molecular complexity index is 551. The molecule has 2 nitrogen and oxygen atoms in total. The summed E-state index contributed by atoms with van der Waals surface area (Å²) in [4.78, 5) is 12.7. The van der Waals surface area contributed by atoms with Gasteiger partial charge in [0, 0.05) is 5.02 Å². The van der Waals surface area contributed by atoms with Crippen LogP contribution in [0.1, 0.15) is 38.3 Å². The molecule has 0 aromatic heterocycles. The summed E-state index contributed by atoms with van der Waals surface area (Å²) in [6.45, 7) is 4.21. The maximum Gasteiger partial charge on any atom is 0.230 e. The highest BCUT2D eigenvalue weighted by molar-refractivity contribution is 6.30. The fourth-order valence-corrected chi connectivity index (χ4v) is 3.75. The van der Waals surface area contributed by atoms with Crippen molar-refractivity contribution in [2.75, 3.05) is 0 Å². The molecule has 2 aliphatic carbocycles. The van der Waals surface area contributed by atoms with E-state index < -0.39 is 0 Å². The van der Waals surface area contributed by atoms with Crippen LogP contribution < -0.4 is 5.32 Å². The van der Waals surface area contributed by atoms with Gasteiger partial charge in [0.1, 0.15) is 0 Å². The summed E-state index contributed by atoms with van der Waals surface area (Å²) < 4.78 is 0. The summed E-state index contributed by atoms with van der Waals surface area (Å²) in [5.74, 6) is 1.21. The molecule has 1 aromatic rings. The van der Waals surface area contributed by atoms with Gasteiger partial charge in [0.2, 0.25) is 5.91 Å². The first-order valence-corrected chi connectivity index (χ1v) is 7.65. The van der Waals surface area contributed by atoms with Crippen LogP contribution >= 0.6 is 11.6 Å². The van der Waals surface area contributed by atoms with E-state index in [0.29, 0.717) is 11.8 Å². The molecule has 0 radical (unpaired) electrons. The molecule has 2 aliphatic rings. The lowest BCUT2D eigenvalue weighted by atomic mass is 9.78. The molecule has 1 amide bonds. The van der Waals surface area contributed by atoms with Crippen LogP contribution in [-0.4, -0.2) is 5.91 Å². The van der Waals surface area contributed by atoms with E-state index in [1.54, 1.807) is 0 Å². The van der Waals surface area contributed by atoms with Gasteiger partial charge in [0.25, 0.3) is 0 Å². The highest BCUT2D eigenvalue weighted by Gasteiger charge is 2.51. The maximum atomic E-state index is 12.7. The molecule has 3 heteroatoms. The SMILES string of the molecule is CC(NC(=O)C12C=CC(CC1C)C2)c1ccc(Cl)cc1. The number of hydrogen-bond acceptors (Lipinski definition) is 1. The quantitative estimate of drug-likeness (QED) is 0.833. The van der Waals surface area contributed by atoms with Crippen LogP contribution in [0.2, 0.25) is 5.02 Å². The van der Waals surface area contributed by atoms with Gasteiger partial charge in [0.15, 0.2) is 0 Å². The van der Waals surface area contributed by atoms with E-state index in [0.717, 1.165) is 23.4 Å². The van der Waals surface area contributed by atoms with Crippen molar-refractivity contribution in [3.05, 3.63) is 47.0 Å². The fourth-order valence-electron chi connectivity index (χ4n) is 3.63. The van der Waals surface area contributed by atoms with E-state index in [9.17, 15) is 4.79 Å². The third kappa shape index (κ3) is 2.16. The maximum absolute atomic E-state index is 12.7. The number of halogens is 1. The average molecular weight is 290 g/mol. The summed E-state index contributed by atoms with van der Waals surface area (Å²) in [5, 5.41) is 3.89. The fraction of sp³-hybridized carbons (Fsp3) is 0.471. The minimum atomic E-state index is -0.272. The van der Waals surface area contributed by atoms with E-state index in [-0.39, 0.29) is 17.4 Å². The molecule has 106 valence electrons. The first-order chi connectivity index (χ1) is 9.51. The van der Waals surface area contributed by atoms with Crippen LogP contribution in [0.3, 0.4) is 0 Å². The Labute approximate surface area is 125 Å². The number of carbonyl (C=O) groups excluding carboxylic acids is 1. The lowest BCUT2D eigenvalue weighted by Crippen LogP contribution is -2.42. The van der Waals surface area contributed by atoms with Crippen molar-refractivity contribution in [2.45, 2.75) is 32.7 Å². The zero-order chi connectivity index (χ0) is 14.3. The normalized spacial score (nSPS) is 32.4. The predicted molar refractivity (Wildman–Crippen MR) is 81.5 cm³/mol. The van der Waals surface area contributed by atoms with Gasteiger partial charge < -0.3 is 5.32 Å². The van der Waals surface area contributed by atoms with E-state index >= 15 is 0 Å². The van der Waals surface area contributed by atoms with Gasteiger partial charge in [-0.1, -0.05) is 42.8 Å². The van der Waals surface area contributed by atoms with Crippen LogP contribution in [0.5, 0.6) is 0 Å². The highest BCUT2D eigenvalue weighted by atomic mass is 35.5. The topological polar surface area (TPSA) is 29.1 Å². The minimum Gasteiger partial charge on any atom is -0.349 e. The second-order valence-electron chi connectivity index (χ2n) is 6.25. The molecule has 0 spiro atoms. The van der Waals surface area contributed by atoms with Crippen molar-refractivity contribution in [1.82, 2.24) is 5.32 Å². The van der Waals surface area contributed by atoms with Gasteiger partial charge in [-0.15, -0.1) is 0 Å². The van der Waals surface area contributed by atoms with Crippen molar-refractivity contribution in [1.29, 1.82) is 0 Å². The van der Waals surface area contributed by atoms with Gasteiger partial charge in [-0.25, -0.2) is 0 Å². The molecule has 4 unspecified atom stereocenters. The van der Waals surface area contributed by atoms with E-state index in [2.05, 4.69) is 24.4 Å². The Balaban J connectivity index is 1.73. The molecule has 0 aliphatic heterocycles. The van der Waals surface area contributed by atoms with Crippen LogP contribution in [0.4, 0.5) is 0 Å². The Morgan fingerprint density at radius 1 is 1.40 bits per heavy atom. The number of rotatable bonds is 3. The number of benzene rings is 1. The van der Waals surface area contributed by atoms with E-state index in [4.69, 9.17) is 11.6 Å². The van der Waals surface area contributed by atoms with Crippen LogP contribution in [0.25, 0.3) is 0 Å². The minimum absolute atomic E-state index is 0.00870. The molecular formula is C17H20ClNO. The monoisotopic (exact) mass is 289 g/mol. The third-order valence-electron chi connectivity index (χ3n) is 4.94. The molecule has 0 heterocycles. The Kier molecular flexibility index (Phi) is 3.37. The van der Waals surface area contributed by atoms with Crippen LogP contribution in [-0.2, 0) is 4.79 Å². The van der Waals surface area contributed by atoms with Crippen LogP contribution in [0.15, 0.2) is 36.4 Å². The number of amides is 1. The Morgan fingerprint density at radius 2 is 2.10 bits per heavy atom. The molecule has 1 aromatic carbocycles. The zero-order valence-electron chi connectivity index (χ0n) is 11.9. The van der Waals surface area contributed by atoms with Gasteiger partial charge in [-0.3, -0.25) is 4.79 Å². The summed E-state index contributed by atoms with van der Waals surface area (Å²) in [6.07, 6.45) is 6.47. The molecule has 20 heavy (non-hydrogen) atoms. The molecule has 0 saturated heterocycles. The second-order valence-corrected chi connectivity index (χ2v) is 6.68. The van der Waals surface area contributed by atoms with Crippen molar-refractivity contribution in [3.8, 4) is 0 Å². The predicted octanol–water partition coefficient (Wildman–Crippen LogP) is 4.12. The van der Waals surface area contributed by atoms with E-state index in [1.165, 1.54) is 0 Å². The number of nitrogens with one attached hydrogen (secondary N) is 1. The molecule has 2 bridgehead atoms. The van der Waals surface area contributed by atoms with Crippen molar-refractivity contribution in [2.24, 2.45) is 17.3 Å². The lowest BCUT2D eigenvalue weighted by molar-refractivity contribution is -0.130. The first-order valence-electron chi connectivity index (χ1n) is 7.27. The molecular weight excluding hydrogens is 270 g/mol. The second kappa shape index (κ2) is 4.92. The number of fused-ring (bicyclic) bond motifs is 2. The number of hydrogen-bond donors (Lipinski definition) is 1. The average Bonchev–Trinajstić information content (AvgIpc) is 2.97. The molecule has 1 fully saturated rings. The third-order valence-corrected chi connectivity index (χ3v) is 5.19. The number of carbonyl (C=O) groups is 1. The van der Waals surface area contributed by atoms with Gasteiger partial charge in [-0.2, -0.15) is 0 Å². The van der Waals surface area contributed by atoms with Gasteiger partial charge >= 0.3 is 0 Å². The molecule has 4 atom stereocenters. The highest BCUT2D eigenvalue weighted by Crippen LogP contribution is 2.53. The Morgan fingerprint density at radius 3 is 2.65 bits per heavy atom. The summed E-state index contributed by atoms with van der Waals surface area (Å²) in [5.41, 5.74) is 0.814. The molecule has 1 N–H and O–H groups in total. The molecule has 3 rings (SSSR count). The Hall–Kier alpha value is -1.28. The van der Waals surface area contributed by atoms with Crippen LogP contribution in [0, 0.1) is 17.3 Å². The largest absolute Gasteiger partial charge is 0.349 e. The zero-order valence-corrected chi connectivity index (χ0v) is 12.7. The standard InChI is InChI=1S/C17H20ClNO/c1-11-9-13-7-8-17(11,10-13)16(20)19-12(2)14-3-5-15(18)6-4-14/h3-8,11-13H,9-10H2,1-2H3,(H,19,20). The van der Waals surface area contributed by atoms with Crippen molar-refractivity contribution >= 4 is 17.5 Å².